The molecule has 0 aliphatic carbocycles. The minimum atomic E-state index is -0.725. The van der Waals surface area contributed by atoms with Gasteiger partial charge < -0.3 is 21.1 Å². The van der Waals surface area contributed by atoms with Crippen LogP contribution in [0.25, 0.3) is 5.69 Å². The largest absolute Gasteiger partial charge is 0.380 e. The highest BCUT2D eigenvalue weighted by molar-refractivity contribution is 6.02. The van der Waals surface area contributed by atoms with Crippen molar-refractivity contribution in [2.45, 2.75) is 19.1 Å². The van der Waals surface area contributed by atoms with Crippen LogP contribution in [0, 0.1) is 11.8 Å². The molecule has 0 bridgehead atoms. The van der Waals surface area contributed by atoms with Gasteiger partial charge in [-0.05, 0) is 38.7 Å². The van der Waals surface area contributed by atoms with Crippen LogP contribution in [0.5, 0.6) is 0 Å². The predicted octanol–water partition coefficient (Wildman–Crippen LogP) is -0.121. The summed E-state index contributed by atoms with van der Waals surface area (Å²) >= 11 is 0. The summed E-state index contributed by atoms with van der Waals surface area (Å²) in [5.74, 6) is 4.76. The van der Waals surface area contributed by atoms with Gasteiger partial charge in [0.25, 0.3) is 11.8 Å². The summed E-state index contributed by atoms with van der Waals surface area (Å²) < 4.78 is 1.41. The van der Waals surface area contributed by atoms with E-state index in [0.29, 0.717) is 28.9 Å². The number of rotatable bonds is 5. The Morgan fingerprint density at radius 3 is 2.96 bits per heavy atom. The standard InChI is InChI=1S/C19H21N5O3/c1-23(2)9-8-14(25)7-6-12-4-3-5-13(10-12)24-17-15(11-21-19(17)27)16(22-24)18(20)26/h3-5,10,14,25H,8-9,11H2,1-2H3,(H2,20,26)(H,21,27). The van der Waals surface area contributed by atoms with Gasteiger partial charge in [-0.3, -0.25) is 9.59 Å². The van der Waals surface area contributed by atoms with E-state index in [0.717, 1.165) is 6.54 Å². The Balaban J connectivity index is 1.91. The van der Waals surface area contributed by atoms with E-state index in [-0.39, 0.29) is 18.1 Å². The zero-order chi connectivity index (χ0) is 19.6. The van der Waals surface area contributed by atoms with Gasteiger partial charge in [0.2, 0.25) is 0 Å². The van der Waals surface area contributed by atoms with Gasteiger partial charge in [-0.1, -0.05) is 17.9 Å². The van der Waals surface area contributed by atoms with Crippen LogP contribution < -0.4 is 11.1 Å². The average molecular weight is 367 g/mol. The third-order valence-electron chi connectivity index (χ3n) is 4.18. The zero-order valence-electron chi connectivity index (χ0n) is 15.2. The first-order chi connectivity index (χ1) is 12.9. The smallest absolute Gasteiger partial charge is 0.270 e. The first kappa shape index (κ1) is 18.6. The number of carbonyl (C=O) groups excluding carboxylic acids is 2. The van der Waals surface area contributed by atoms with Crippen molar-refractivity contribution in [1.82, 2.24) is 20.0 Å². The molecule has 1 aliphatic heterocycles. The molecule has 0 saturated carbocycles. The van der Waals surface area contributed by atoms with E-state index in [2.05, 4.69) is 22.3 Å². The number of aliphatic hydroxyl groups is 1. The van der Waals surface area contributed by atoms with Crippen LogP contribution >= 0.6 is 0 Å². The predicted molar refractivity (Wildman–Crippen MR) is 99.3 cm³/mol. The number of benzene rings is 1. The molecule has 1 aromatic heterocycles. The van der Waals surface area contributed by atoms with Crippen LogP contribution in [-0.4, -0.2) is 58.3 Å². The van der Waals surface area contributed by atoms with Crippen molar-refractivity contribution in [3.05, 3.63) is 46.8 Å². The lowest BCUT2D eigenvalue weighted by molar-refractivity contribution is 0.0953. The molecule has 1 atom stereocenters. The van der Waals surface area contributed by atoms with Crippen molar-refractivity contribution in [3.8, 4) is 17.5 Å². The van der Waals surface area contributed by atoms with E-state index in [1.54, 1.807) is 24.3 Å². The molecule has 2 heterocycles. The molecule has 27 heavy (non-hydrogen) atoms. The molecule has 1 unspecified atom stereocenters. The van der Waals surface area contributed by atoms with Crippen molar-refractivity contribution >= 4 is 11.8 Å². The van der Waals surface area contributed by atoms with Crippen LogP contribution in [0.3, 0.4) is 0 Å². The summed E-state index contributed by atoms with van der Waals surface area (Å²) in [4.78, 5) is 25.7. The first-order valence-corrected chi connectivity index (χ1v) is 8.51. The molecule has 2 aromatic rings. The molecule has 0 radical (unpaired) electrons. The number of nitrogens with two attached hydrogens (primary N) is 1. The monoisotopic (exact) mass is 367 g/mol. The summed E-state index contributed by atoms with van der Waals surface area (Å²) in [6.07, 6.45) is -0.175. The SMILES string of the molecule is CN(C)CCC(O)C#Cc1cccc(-n2nc(C(N)=O)c3c2C(=O)NC3)c1. The highest BCUT2D eigenvalue weighted by atomic mass is 16.3. The fourth-order valence-electron chi connectivity index (χ4n) is 2.82. The highest BCUT2D eigenvalue weighted by Crippen LogP contribution is 2.23. The number of nitrogens with one attached hydrogen (secondary N) is 1. The highest BCUT2D eigenvalue weighted by Gasteiger charge is 2.31. The quantitative estimate of drug-likeness (QED) is 0.638. The molecule has 1 aromatic carbocycles. The maximum Gasteiger partial charge on any atom is 0.270 e. The Morgan fingerprint density at radius 2 is 2.26 bits per heavy atom. The second-order valence-corrected chi connectivity index (χ2v) is 6.56. The Labute approximate surface area is 157 Å². The van der Waals surface area contributed by atoms with Crippen LogP contribution in [0.4, 0.5) is 0 Å². The van der Waals surface area contributed by atoms with Gasteiger partial charge >= 0.3 is 0 Å². The first-order valence-electron chi connectivity index (χ1n) is 8.51. The number of primary amides is 1. The van der Waals surface area contributed by atoms with Crippen LogP contribution in [0.1, 0.15) is 38.5 Å². The van der Waals surface area contributed by atoms with Gasteiger partial charge in [0, 0.05) is 24.2 Å². The molecular formula is C19H21N5O3. The molecule has 0 spiro atoms. The van der Waals surface area contributed by atoms with Gasteiger partial charge in [-0.2, -0.15) is 5.10 Å². The van der Waals surface area contributed by atoms with Crippen molar-refractivity contribution in [2.75, 3.05) is 20.6 Å². The molecule has 2 amide bonds. The van der Waals surface area contributed by atoms with Crippen molar-refractivity contribution in [2.24, 2.45) is 5.73 Å². The third-order valence-corrected chi connectivity index (χ3v) is 4.18. The lowest BCUT2D eigenvalue weighted by atomic mass is 10.1. The van der Waals surface area contributed by atoms with Crippen molar-refractivity contribution in [1.29, 1.82) is 0 Å². The minimum Gasteiger partial charge on any atom is -0.380 e. The summed E-state index contributed by atoms with van der Waals surface area (Å²) in [7, 11) is 3.87. The van der Waals surface area contributed by atoms with Gasteiger partial charge in [0.15, 0.2) is 5.69 Å². The normalized spacial score (nSPS) is 13.7. The lowest BCUT2D eigenvalue weighted by Crippen LogP contribution is -2.20. The number of aliphatic hydroxyl groups excluding tert-OH is 1. The van der Waals surface area contributed by atoms with E-state index in [1.807, 2.05) is 19.0 Å². The number of carbonyl (C=O) groups is 2. The maximum absolute atomic E-state index is 12.1. The molecule has 3 rings (SSSR count). The van der Waals surface area contributed by atoms with E-state index in [9.17, 15) is 14.7 Å². The van der Waals surface area contributed by atoms with Crippen molar-refractivity contribution in [3.63, 3.8) is 0 Å². The topological polar surface area (TPSA) is 113 Å². The molecule has 4 N–H and O–H groups in total. The number of nitrogens with zero attached hydrogens (tertiary/aromatic N) is 3. The molecule has 0 fully saturated rings. The fourth-order valence-corrected chi connectivity index (χ4v) is 2.82. The Kier molecular flexibility index (Phi) is 5.26. The number of hydrogen-bond donors (Lipinski definition) is 3. The van der Waals surface area contributed by atoms with E-state index in [1.165, 1.54) is 4.68 Å². The number of hydrogen-bond acceptors (Lipinski definition) is 5. The molecule has 8 nitrogen and oxygen atoms in total. The summed E-state index contributed by atoms with van der Waals surface area (Å²) in [6, 6.07) is 7.08. The van der Waals surface area contributed by atoms with Gasteiger partial charge in [0.1, 0.15) is 11.8 Å². The molecule has 140 valence electrons. The van der Waals surface area contributed by atoms with E-state index >= 15 is 0 Å². The fraction of sp³-hybridized carbons (Fsp3) is 0.316. The molecule has 0 saturated heterocycles. The second kappa shape index (κ2) is 7.61. The van der Waals surface area contributed by atoms with Gasteiger partial charge in [0.05, 0.1) is 5.69 Å². The van der Waals surface area contributed by atoms with E-state index < -0.39 is 12.0 Å². The Hall–Kier alpha value is -3.15. The molecular weight excluding hydrogens is 346 g/mol. The minimum absolute atomic E-state index is 0.0824. The zero-order valence-corrected chi connectivity index (χ0v) is 15.2. The van der Waals surface area contributed by atoms with E-state index in [4.69, 9.17) is 5.73 Å². The maximum atomic E-state index is 12.1. The van der Waals surface area contributed by atoms with Crippen LogP contribution in [-0.2, 0) is 6.54 Å². The number of fused-ring (bicyclic) bond motifs is 1. The Morgan fingerprint density at radius 1 is 1.48 bits per heavy atom. The lowest BCUT2D eigenvalue weighted by Gasteiger charge is -2.09. The van der Waals surface area contributed by atoms with Gasteiger partial charge in [-0.25, -0.2) is 4.68 Å². The average Bonchev–Trinajstić information content (AvgIpc) is 3.19. The molecule has 8 heteroatoms. The van der Waals surface area contributed by atoms with Crippen molar-refractivity contribution < 1.29 is 14.7 Å². The second-order valence-electron chi connectivity index (χ2n) is 6.56. The summed E-state index contributed by atoms with van der Waals surface area (Å²) in [6.45, 7) is 0.963. The Bertz CT molecular complexity index is 952. The van der Waals surface area contributed by atoms with Crippen LogP contribution in [0.15, 0.2) is 24.3 Å². The summed E-state index contributed by atoms with van der Waals surface area (Å²) in [5.41, 5.74) is 7.52. The van der Waals surface area contributed by atoms with Crippen LogP contribution in [0.2, 0.25) is 0 Å². The number of amides is 2. The molecule has 1 aliphatic rings. The van der Waals surface area contributed by atoms with Gasteiger partial charge in [-0.15, -0.1) is 0 Å². The number of aromatic nitrogens is 2. The summed E-state index contributed by atoms with van der Waals surface area (Å²) in [5, 5.41) is 16.8. The third kappa shape index (κ3) is 4.00.